The SMILES string of the molecule is CCC/C(=C/C(=O)CCc1cc(OC2CCCC2)c(O)c2c1C#CC[C@H](N=C(N)N)CC[C@@H](COC)[C@H]2CCC(C)=O)CO. The van der Waals surface area contributed by atoms with Crippen molar-refractivity contribution in [3.05, 3.63) is 34.4 Å². The van der Waals surface area contributed by atoms with Gasteiger partial charge in [-0.3, -0.25) is 4.79 Å². The molecule has 3 atom stereocenters. The molecule has 44 heavy (non-hydrogen) atoms. The van der Waals surface area contributed by atoms with Crippen molar-refractivity contribution >= 4 is 17.5 Å². The van der Waals surface area contributed by atoms with Crippen LogP contribution in [-0.4, -0.2) is 60.2 Å². The minimum atomic E-state index is -0.256. The Morgan fingerprint density at radius 3 is 2.52 bits per heavy atom. The van der Waals surface area contributed by atoms with Crippen LogP contribution in [0.5, 0.6) is 11.5 Å². The second-order valence-electron chi connectivity index (χ2n) is 12.2. The van der Waals surface area contributed by atoms with Gasteiger partial charge in [0.05, 0.1) is 18.8 Å². The molecule has 0 spiro atoms. The van der Waals surface area contributed by atoms with E-state index in [1.807, 2.05) is 13.0 Å². The van der Waals surface area contributed by atoms with Gasteiger partial charge < -0.3 is 35.9 Å². The summed E-state index contributed by atoms with van der Waals surface area (Å²) in [5.41, 5.74) is 14.3. The van der Waals surface area contributed by atoms with Crippen LogP contribution in [0.4, 0.5) is 0 Å². The van der Waals surface area contributed by atoms with Crippen LogP contribution in [0.3, 0.4) is 0 Å². The zero-order valence-electron chi connectivity index (χ0n) is 26.7. The Bertz CT molecular complexity index is 1250. The lowest BCUT2D eigenvalue weighted by Crippen LogP contribution is -2.27. The number of allylic oxidation sites excluding steroid dienone is 1. The Balaban J connectivity index is 2.20. The van der Waals surface area contributed by atoms with Crippen molar-refractivity contribution in [1.29, 1.82) is 0 Å². The van der Waals surface area contributed by atoms with E-state index in [4.69, 9.17) is 20.9 Å². The summed E-state index contributed by atoms with van der Waals surface area (Å²) in [6, 6.07) is 1.63. The van der Waals surface area contributed by atoms with E-state index < -0.39 is 0 Å². The number of aromatic hydroxyl groups is 1. The fourth-order valence-corrected chi connectivity index (χ4v) is 6.46. The number of aliphatic hydroxyl groups excluding tert-OH is 1. The Morgan fingerprint density at radius 2 is 1.89 bits per heavy atom. The van der Waals surface area contributed by atoms with Gasteiger partial charge >= 0.3 is 0 Å². The summed E-state index contributed by atoms with van der Waals surface area (Å²) in [6.45, 7) is 3.85. The molecule has 0 aromatic heterocycles. The van der Waals surface area contributed by atoms with Crippen LogP contribution in [0, 0.1) is 17.8 Å². The number of guanidine groups is 1. The molecule has 6 N–H and O–H groups in total. The number of benzene rings is 1. The topological polar surface area (TPSA) is 157 Å². The zero-order chi connectivity index (χ0) is 32.1. The van der Waals surface area contributed by atoms with E-state index in [0.717, 1.165) is 37.7 Å². The standard InChI is InChI=1S/C35H51N3O6/c1-4-8-24(21-39)19-28(41)17-15-25-20-32(44-29-10-5-6-11-29)34(42)33-30(25)12-7-9-27(38-35(36)37)16-14-26(22-43-3)31(33)18-13-23(2)40/h19-20,26-27,29,31,39,42H,4-6,8-11,13-18,21-22H2,1-3H3,(H4,36,37,38)/b24-19-/t26-,27-,31+/m0/s1. The molecule has 0 bridgehead atoms. The number of fused-ring (bicyclic) bond motifs is 1. The van der Waals surface area contributed by atoms with E-state index in [9.17, 15) is 19.8 Å². The second kappa shape index (κ2) is 17.8. The number of carbonyl (C=O) groups excluding carboxylic acids is 2. The molecule has 2 aliphatic rings. The van der Waals surface area contributed by atoms with Crippen molar-refractivity contribution in [2.75, 3.05) is 20.3 Å². The highest BCUT2D eigenvalue weighted by molar-refractivity contribution is 5.90. The summed E-state index contributed by atoms with van der Waals surface area (Å²) < 4.78 is 12.1. The number of Topliss-reactive ketones (excluding diaryl/α,β-unsaturated/α-hetero) is 1. The largest absolute Gasteiger partial charge is 0.504 e. The first-order valence-electron chi connectivity index (χ1n) is 16.1. The van der Waals surface area contributed by atoms with Crippen molar-refractivity contribution in [1.82, 2.24) is 0 Å². The average Bonchev–Trinajstić information content (AvgIpc) is 3.49. The molecule has 1 saturated carbocycles. The van der Waals surface area contributed by atoms with Crippen LogP contribution in [0.25, 0.3) is 0 Å². The van der Waals surface area contributed by atoms with Crippen molar-refractivity contribution in [2.45, 2.75) is 115 Å². The van der Waals surface area contributed by atoms with E-state index in [1.165, 1.54) is 0 Å². The average molecular weight is 610 g/mol. The Labute approximate surface area is 262 Å². The van der Waals surface area contributed by atoms with E-state index in [1.54, 1.807) is 20.1 Å². The van der Waals surface area contributed by atoms with Crippen LogP contribution in [0.15, 0.2) is 22.7 Å². The molecule has 1 aromatic carbocycles. The first-order valence-corrected chi connectivity index (χ1v) is 16.1. The Morgan fingerprint density at radius 1 is 1.14 bits per heavy atom. The van der Waals surface area contributed by atoms with Crippen molar-refractivity contribution in [2.24, 2.45) is 22.4 Å². The predicted molar refractivity (Wildman–Crippen MR) is 173 cm³/mol. The van der Waals surface area contributed by atoms with E-state index in [2.05, 4.69) is 16.8 Å². The molecule has 0 saturated heterocycles. The van der Waals surface area contributed by atoms with Crippen LogP contribution < -0.4 is 16.2 Å². The molecule has 9 nitrogen and oxygen atoms in total. The van der Waals surface area contributed by atoms with Crippen LogP contribution in [-0.2, 0) is 20.7 Å². The molecule has 0 aliphatic heterocycles. The monoisotopic (exact) mass is 609 g/mol. The number of hydrogen-bond donors (Lipinski definition) is 4. The molecule has 2 aliphatic carbocycles. The smallest absolute Gasteiger partial charge is 0.186 e. The number of aliphatic imine (C=N–C) groups is 1. The van der Waals surface area contributed by atoms with Crippen LogP contribution >= 0.6 is 0 Å². The van der Waals surface area contributed by atoms with Crippen molar-refractivity contribution in [3.63, 3.8) is 0 Å². The molecule has 1 fully saturated rings. The number of nitrogens with zero attached hydrogens (tertiary/aromatic N) is 1. The third-order valence-corrected chi connectivity index (χ3v) is 8.64. The normalized spacial score (nSPS) is 20.7. The van der Waals surface area contributed by atoms with Crippen LogP contribution in [0.1, 0.15) is 114 Å². The lowest BCUT2D eigenvalue weighted by atomic mass is 9.75. The highest BCUT2D eigenvalue weighted by atomic mass is 16.5. The molecule has 3 rings (SSSR count). The highest BCUT2D eigenvalue weighted by Crippen LogP contribution is 2.46. The number of carbonyl (C=O) groups is 2. The fourth-order valence-electron chi connectivity index (χ4n) is 6.46. The zero-order valence-corrected chi connectivity index (χ0v) is 26.7. The maximum Gasteiger partial charge on any atom is 0.186 e. The van der Waals surface area contributed by atoms with Crippen molar-refractivity contribution < 1.29 is 29.3 Å². The first-order chi connectivity index (χ1) is 21.2. The lowest BCUT2D eigenvalue weighted by Gasteiger charge is -2.31. The van der Waals surface area contributed by atoms with Gasteiger partial charge in [-0.15, -0.1) is 0 Å². The molecule has 0 unspecified atom stereocenters. The molecular weight excluding hydrogens is 558 g/mol. The number of rotatable bonds is 15. The first kappa shape index (κ1) is 35.1. The lowest BCUT2D eigenvalue weighted by molar-refractivity contribution is -0.117. The number of methoxy groups -OCH3 is 1. The third-order valence-electron chi connectivity index (χ3n) is 8.64. The number of phenolic OH excluding ortho intramolecular Hbond substituents is 1. The number of nitrogens with two attached hydrogens (primary N) is 2. The molecular formula is C35H51N3O6. The summed E-state index contributed by atoms with van der Waals surface area (Å²) in [5, 5.41) is 21.6. The number of phenols is 1. The molecule has 0 radical (unpaired) electrons. The summed E-state index contributed by atoms with van der Waals surface area (Å²) in [7, 11) is 1.65. The quantitative estimate of drug-likeness (QED) is 0.0953. The van der Waals surface area contributed by atoms with Gasteiger partial charge in [0.2, 0.25) is 0 Å². The van der Waals surface area contributed by atoms with E-state index >= 15 is 0 Å². The van der Waals surface area contributed by atoms with Gasteiger partial charge in [-0.25, -0.2) is 4.99 Å². The van der Waals surface area contributed by atoms with Crippen LogP contribution in [0.2, 0.25) is 0 Å². The Kier molecular flexibility index (Phi) is 14.2. The van der Waals surface area contributed by atoms with Gasteiger partial charge in [0.15, 0.2) is 23.2 Å². The Hall–Kier alpha value is -3.35. The maximum absolute atomic E-state index is 13.0. The minimum absolute atomic E-state index is 0.00826. The maximum atomic E-state index is 13.0. The number of hydrogen-bond acceptors (Lipinski definition) is 7. The number of aliphatic hydroxyl groups is 1. The van der Waals surface area contributed by atoms with E-state index in [0.29, 0.717) is 74.0 Å². The molecule has 1 aromatic rings. The summed E-state index contributed by atoms with van der Waals surface area (Å²) in [4.78, 5) is 29.7. The van der Waals surface area contributed by atoms with Gasteiger partial charge in [0.25, 0.3) is 0 Å². The molecule has 242 valence electrons. The number of ketones is 2. The summed E-state index contributed by atoms with van der Waals surface area (Å²) >= 11 is 0. The van der Waals surface area contributed by atoms with Gasteiger partial charge in [-0.2, -0.15) is 0 Å². The van der Waals surface area contributed by atoms with Gasteiger partial charge in [-0.1, -0.05) is 25.2 Å². The summed E-state index contributed by atoms with van der Waals surface area (Å²) in [6.07, 6.45) is 10.3. The van der Waals surface area contributed by atoms with Gasteiger partial charge in [0.1, 0.15) is 5.78 Å². The van der Waals surface area contributed by atoms with Gasteiger partial charge in [0, 0.05) is 44.1 Å². The van der Waals surface area contributed by atoms with E-state index in [-0.39, 0.29) is 60.3 Å². The highest BCUT2D eigenvalue weighted by Gasteiger charge is 2.33. The number of aryl methyl sites for hydroxylation is 1. The predicted octanol–water partition coefficient (Wildman–Crippen LogP) is 4.83. The second-order valence-corrected chi connectivity index (χ2v) is 12.2. The molecule has 0 heterocycles. The van der Waals surface area contributed by atoms with Gasteiger partial charge in [-0.05, 0) is 99.8 Å². The molecule has 9 heteroatoms. The summed E-state index contributed by atoms with van der Waals surface area (Å²) in [5.74, 6) is 6.73. The minimum Gasteiger partial charge on any atom is -0.504 e. The third kappa shape index (κ3) is 10.4. The molecule has 0 amide bonds. The number of ether oxygens (including phenoxy) is 2. The fraction of sp³-hybridized carbons (Fsp3) is 0.629. The van der Waals surface area contributed by atoms with Crippen molar-refractivity contribution in [3.8, 4) is 23.3 Å².